The molecule has 1 aromatic carbocycles. The molecule has 1 unspecified atom stereocenters. The average Bonchev–Trinajstić information content (AvgIpc) is 2.45. The van der Waals surface area contributed by atoms with Crippen LogP contribution in [0.2, 0.25) is 0 Å². The summed E-state index contributed by atoms with van der Waals surface area (Å²) in [6.07, 6.45) is 4.49. The van der Waals surface area contributed by atoms with Crippen LogP contribution in [0.15, 0.2) is 24.3 Å². The third-order valence-electron chi connectivity index (χ3n) is 3.09. The number of carbonyl (C=O) groups excluding carboxylic acids is 1. The van der Waals surface area contributed by atoms with E-state index in [9.17, 15) is 4.79 Å². The highest BCUT2D eigenvalue weighted by molar-refractivity contribution is 5.96. The molecule has 1 rings (SSSR count). The number of benzene rings is 1. The topological polar surface area (TPSA) is 49.3 Å². The molecule has 0 aliphatic rings. The third kappa shape index (κ3) is 5.46. The number of hydrogen-bond acceptors (Lipinski definition) is 2. The van der Waals surface area contributed by atoms with Crippen LogP contribution < -0.4 is 5.32 Å². The van der Waals surface area contributed by atoms with E-state index in [-0.39, 0.29) is 18.6 Å². The Morgan fingerprint density at radius 2 is 2.10 bits per heavy atom. The number of nitrogens with one attached hydrogen (secondary N) is 1. The Bertz CT molecular complexity index is 485. The number of rotatable bonds is 6. The Balaban J connectivity index is 2.67. The van der Waals surface area contributed by atoms with E-state index in [1.807, 2.05) is 19.1 Å². The minimum absolute atomic E-state index is 0.100. The Hall–Kier alpha value is -1.79. The molecule has 3 nitrogen and oxygen atoms in total. The van der Waals surface area contributed by atoms with E-state index in [2.05, 4.69) is 24.1 Å². The molecule has 0 aromatic heterocycles. The average molecular weight is 273 g/mol. The Morgan fingerprint density at radius 1 is 1.35 bits per heavy atom. The van der Waals surface area contributed by atoms with Crippen molar-refractivity contribution in [2.45, 2.75) is 45.6 Å². The van der Waals surface area contributed by atoms with Crippen LogP contribution in [0.4, 0.5) is 0 Å². The lowest BCUT2D eigenvalue weighted by atomic mass is 10.1. The summed E-state index contributed by atoms with van der Waals surface area (Å²) in [5, 5.41) is 11.8. The summed E-state index contributed by atoms with van der Waals surface area (Å²) in [5.41, 5.74) is 1.22. The van der Waals surface area contributed by atoms with Crippen LogP contribution >= 0.6 is 0 Å². The highest BCUT2D eigenvalue weighted by atomic mass is 16.2. The molecule has 3 heteroatoms. The minimum atomic E-state index is -0.205. The third-order valence-corrected chi connectivity index (χ3v) is 3.09. The van der Waals surface area contributed by atoms with Crippen molar-refractivity contribution in [1.29, 1.82) is 0 Å². The highest BCUT2D eigenvalue weighted by Gasteiger charge is 2.12. The van der Waals surface area contributed by atoms with Crippen LogP contribution in [-0.2, 0) is 0 Å². The molecule has 2 N–H and O–H groups in total. The van der Waals surface area contributed by atoms with Gasteiger partial charge in [0.1, 0.15) is 6.61 Å². The van der Waals surface area contributed by atoms with Crippen LogP contribution in [0.1, 0.15) is 55.5 Å². The molecule has 0 saturated heterocycles. The standard InChI is InChI=1S/C17H23NO2/c1-3-4-5-9-14(2)18-17(20)16-12-7-6-10-15(16)11-8-13-19/h6-7,10,12,14,19H,3-5,9,13H2,1-2H3,(H,18,20). The van der Waals surface area contributed by atoms with E-state index in [1.54, 1.807) is 12.1 Å². The summed E-state index contributed by atoms with van der Waals surface area (Å²) in [4.78, 5) is 12.2. The molecule has 20 heavy (non-hydrogen) atoms. The van der Waals surface area contributed by atoms with E-state index in [0.29, 0.717) is 11.1 Å². The molecule has 0 spiro atoms. The van der Waals surface area contributed by atoms with E-state index in [1.165, 1.54) is 12.8 Å². The maximum atomic E-state index is 12.2. The Labute approximate surface area is 121 Å². The predicted molar refractivity (Wildman–Crippen MR) is 81.5 cm³/mol. The predicted octanol–water partition coefficient (Wildman–Crippen LogP) is 2.73. The van der Waals surface area contributed by atoms with Crippen LogP contribution in [-0.4, -0.2) is 23.7 Å². The van der Waals surface area contributed by atoms with Crippen molar-refractivity contribution in [3.8, 4) is 11.8 Å². The molecule has 0 fully saturated rings. The number of aliphatic hydroxyl groups is 1. The van der Waals surface area contributed by atoms with E-state index in [4.69, 9.17) is 5.11 Å². The molecule has 0 aliphatic carbocycles. The first-order valence-corrected chi connectivity index (χ1v) is 7.18. The second-order valence-corrected chi connectivity index (χ2v) is 4.88. The summed E-state index contributed by atoms with van der Waals surface area (Å²) in [6, 6.07) is 7.37. The molecule has 0 heterocycles. The lowest BCUT2D eigenvalue weighted by molar-refractivity contribution is 0.0937. The fraction of sp³-hybridized carbons (Fsp3) is 0.471. The first-order chi connectivity index (χ1) is 9.69. The molecule has 1 amide bonds. The summed E-state index contributed by atoms with van der Waals surface area (Å²) in [6.45, 7) is 3.98. The highest BCUT2D eigenvalue weighted by Crippen LogP contribution is 2.09. The zero-order chi connectivity index (χ0) is 14.8. The largest absolute Gasteiger partial charge is 0.384 e. The van der Waals surface area contributed by atoms with Crippen molar-refractivity contribution in [2.75, 3.05) is 6.61 Å². The first-order valence-electron chi connectivity index (χ1n) is 7.18. The van der Waals surface area contributed by atoms with Gasteiger partial charge >= 0.3 is 0 Å². The van der Waals surface area contributed by atoms with E-state index in [0.717, 1.165) is 12.8 Å². The molecule has 0 bridgehead atoms. The second-order valence-electron chi connectivity index (χ2n) is 4.88. The van der Waals surface area contributed by atoms with Crippen molar-refractivity contribution in [3.05, 3.63) is 35.4 Å². The van der Waals surface area contributed by atoms with Gasteiger partial charge in [-0.3, -0.25) is 4.79 Å². The quantitative estimate of drug-likeness (QED) is 0.618. The molecule has 1 aromatic rings. The zero-order valence-electron chi connectivity index (χ0n) is 12.3. The SMILES string of the molecule is CCCCCC(C)NC(=O)c1ccccc1C#CCO. The minimum Gasteiger partial charge on any atom is -0.384 e. The molecular weight excluding hydrogens is 250 g/mol. The van der Waals surface area contributed by atoms with Crippen LogP contribution in [0.25, 0.3) is 0 Å². The second kappa shape index (κ2) is 9.17. The van der Waals surface area contributed by atoms with Gasteiger partial charge in [0.2, 0.25) is 0 Å². The molecular formula is C17H23NO2. The van der Waals surface area contributed by atoms with Gasteiger partial charge in [-0.1, -0.05) is 50.2 Å². The smallest absolute Gasteiger partial charge is 0.252 e. The fourth-order valence-corrected chi connectivity index (χ4v) is 2.00. The number of aliphatic hydroxyl groups excluding tert-OH is 1. The van der Waals surface area contributed by atoms with Crippen molar-refractivity contribution >= 4 is 5.91 Å². The van der Waals surface area contributed by atoms with Gasteiger partial charge in [0.15, 0.2) is 0 Å². The summed E-state index contributed by atoms with van der Waals surface area (Å²) in [7, 11) is 0. The number of amides is 1. The zero-order valence-corrected chi connectivity index (χ0v) is 12.3. The van der Waals surface area contributed by atoms with E-state index < -0.39 is 0 Å². The normalized spacial score (nSPS) is 11.3. The fourth-order valence-electron chi connectivity index (χ4n) is 2.00. The maximum Gasteiger partial charge on any atom is 0.252 e. The van der Waals surface area contributed by atoms with Gasteiger partial charge in [0.25, 0.3) is 5.91 Å². The van der Waals surface area contributed by atoms with Gasteiger partial charge in [-0.2, -0.15) is 0 Å². The maximum absolute atomic E-state index is 12.2. The van der Waals surface area contributed by atoms with Crippen molar-refractivity contribution in [1.82, 2.24) is 5.32 Å². The van der Waals surface area contributed by atoms with Gasteiger partial charge in [-0.15, -0.1) is 0 Å². The van der Waals surface area contributed by atoms with E-state index >= 15 is 0 Å². The van der Waals surface area contributed by atoms with Gasteiger partial charge in [-0.25, -0.2) is 0 Å². The van der Waals surface area contributed by atoms with Crippen molar-refractivity contribution in [3.63, 3.8) is 0 Å². The molecule has 0 radical (unpaired) electrons. The summed E-state index contributed by atoms with van der Waals surface area (Å²) in [5.74, 6) is 5.29. The number of unbranched alkanes of at least 4 members (excludes halogenated alkanes) is 2. The summed E-state index contributed by atoms with van der Waals surface area (Å²) >= 11 is 0. The van der Waals surface area contributed by atoms with Gasteiger partial charge in [-0.05, 0) is 25.5 Å². The number of hydrogen-bond donors (Lipinski definition) is 2. The lowest BCUT2D eigenvalue weighted by Crippen LogP contribution is -2.32. The van der Waals surface area contributed by atoms with Gasteiger partial charge in [0, 0.05) is 11.6 Å². The molecule has 108 valence electrons. The van der Waals surface area contributed by atoms with Crippen LogP contribution in [0, 0.1) is 11.8 Å². The van der Waals surface area contributed by atoms with Crippen molar-refractivity contribution in [2.24, 2.45) is 0 Å². The first kappa shape index (κ1) is 16.3. The molecule has 1 atom stereocenters. The molecule has 0 aliphatic heterocycles. The van der Waals surface area contributed by atoms with Crippen molar-refractivity contribution < 1.29 is 9.90 Å². The van der Waals surface area contributed by atoms with Gasteiger partial charge in [0.05, 0.1) is 5.56 Å². The molecule has 0 saturated carbocycles. The lowest BCUT2D eigenvalue weighted by Gasteiger charge is -2.14. The monoisotopic (exact) mass is 273 g/mol. The summed E-state index contributed by atoms with van der Waals surface area (Å²) < 4.78 is 0. The Kier molecular flexibility index (Phi) is 7.46. The Morgan fingerprint density at radius 3 is 2.80 bits per heavy atom. The van der Waals surface area contributed by atoms with Crippen LogP contribution in [0.3, 0.4) is 0 Å². The van der Waals surface area contributed by atoms with Crippen LogP contribution in [0.5, 0.6) is 0 Å². The number of carbonyl (C=O) groups is 1. The van der Waals surface area contributed by atoms with Gasteiger partial charge < -0.3 is 10.4 Å².